The van der Waals surface area contributed by atoms with Gasteiger partial charge in [-0.1, -0.05) is 18.2 Å². The SMILES string of the molecule is C=CCN(CC=C)C(=O)c1cccc(NC(=O)N(C)C)c1. The molecule has 0 aliphatic carbocycles. The van der Waals surface area contributed by atoms with Gasteiger partial charge in [0, 0.05) is 38.4 Å². The lowest BCUT2D eigenvalue weighted by Gasteiger charge is -2.20. The maximum Gasteiger partial charge on any atom is 0.321 e. The molecule has 0 aliphatic rings. The summed E-state index contributed by atoms with van der Waals surface area (Å²) in [5.74, 6) is -0.129. The molecule has 0 unspecified atom stereocenters. The Kier molecular flexibility index (Phi) is 6.20. The topological polar surface area (TPSA) is 52.7 Å². The van der Waals surface area contributed by atoms with Gasteiger partial charge in [-0.05, 0) is 18.2 Å². The number of nitrogens with one attached hydrogen (secondary N) is 1. The number of hydrogen-bond acceptors (Lipinski definition) is 2. The molecule has 112 valence electrons. The summed E-state index contributed by atoms with van der Waals surface area (Å²) in [6.45, 7) is 8.18. The van der Waals surface area contributed by atoms with Gasteiger partial charge < -0.3 is 15.1 Å². The zero-order chi connectivity index (χ0) is 15.8. The summed E-state index contributed by atoms with van der Waals surface area (Å²) in [7, 11) is 3.31. The van der Waals surface area contributed by atoms with Crippen molar-refractivity contribution in [1.29, 1.82) is 0 Å². The third-order valence-corrected chi connectivity index (χ3v) is 2.75. The van der Waals surface area contributed by atoms with Crippen LogP contribution in [0.1, 0.15) is 10.4 Å². The van der Waals surface area contributed by atoms with Crippen LogP contribution in [0.2, 0.25) is 0 Å². The lowest BCUT2D eigenvalue weighted by atomic mass is 10.1. The number of rotatable bonds is 6. The van der Waals surface area contributed by atoms with E-state index in [1.54, 1.807) is 55.4 Å². The van der Waals surface area contributed by atoms with E-state index in [4.69, 9.17) is 0 Å². The highest BCUT2D eigenvalue weighted by Gasteiger charge is 2.14. The summed E-state index contributed by atoms with van der Waals surface area (Å²) in [6.07, 6.45) is 3.33. The first-order chi connectivity index (χ1) is 9.99. The van der Waals surface area contributed by atoms with Gasteiger partial charge in [0.2, 0.25) is 0 Å². The van der Waals surface area contributed by atoms with Crippen LogP contribution >= 0.6 is 0 Å². The summed E-state index contributed by atoms with van der Waals surface area (Å²) >= 11 is 0. The molecule has 0 bridgehead atoms. The van der Waals surface area contributed by atoms with E-state index in [1.165, 1.54) is 4.90 Å². The molecule has 3 amide bonds. The van der Waals surface area contributed by atoms with Gasteiger partial charge in [-0.25, -0.2) is 4.79 Å². The predicted octanol–water partition coefficient (Wildman–Crippen LogP) is 2.59. The summed E-state index contributed by atoms with van der Waals surface area (Å²) in [5.41, 5.74) is 1.09. The zero-order valence-corrected chi connectivity index (χ0v) is 12.5. The number of nitrogens with zero attached hydrogens (tertiary/aromatic N) is 2. The van der Waals surface area contributed by atoms with Gasteiger partial charge in [0.15, 0.2) is 0 Å². The fourth-order valence-electron chi connectivity index (χ4n) is 1.70. The number of amides is 3. The van der Waals surface area contributed by atoms with Crippen LogP contribution < -0.4 is 5.32 Å². The summed E-state index contributed by atoms with van der Waals surface area (Å²) in [4.78, 5) is 27.1. The largest absolute Gasteiger partial charge is 0.331 e. The summed E-state index contributed by atoms with van der Waals surface area (Å²) < 4.78 is 0. The van der Waals surface area contributed by atoms with E-state index < -0.39 is 0 Å². The smallest absolute Gasteiger partial charge is 0.321 e. The number of anilines is 1. The van der Waals surface area contributed by atoms with Crippen molar-refractivity contribution >= 4 is 17.6 Å². The molecule has 0 heterocycles. The van der Waals surface area contributed by atoms with Crippen LogP contribution in [0.5, 0.6) is 0 Å². The molecule has 0 fully saturated rings. The maximum atomic E-state index is 12.4. The average molecular weight is 287 g/mol. The van der Waals surface area contributed by atoms with Gasteiger partial charge in [0.05, 0.1) is 0 Å². The maximum absolute atomic E-state index is 12.4. The molecular formula is C16H21N3O2. The van der Waals surface area contributed by atoms with Crippen LogP contribution in [0.4, 0.5) is 10.5 Å². The van der Waals surface area contributed by atoms with Gasteiger partial charge in [-0.15, -0.1) is 13.2 Å². The van der Waals surface area contributed by atoms with Crippen molar-refractivity contribution < 1.29 is 9.59 Å². The Morgan fingerprint density at radius 3 is 2.33 bits per heavy atom. The molecule has 1 rings (SSSR count). The van der Waals surface area contributed by atoms with E-state index in [2.05, 4.69) is 18.5 Å². The zero-order valence-electron chi connectivity index (χ0n) is 12.5. The molecule has 21 heavy (non-hydrogen) atoms. The molecule has 0 aromatic heterocycles. The molecule has 0 spiro atoms. The molecule has 5 heteroatoms. The Labute approximate surface area is 125 Å². The van der Waals surface area contributed by atoms with Crippen molar-refractivity contribution in [2.45, 2.75) is 0 Å². The first-order valence-corrected chi connectivity index (χ1v) is 6.59. The lowest BCUT2D eigenvalue weighted by molar-refractivity contribution is 0.0791. The predicted molar refractivity (Wildman–Crippen MR) is 85.4 cm³/mol. The first-order valence-electron chi connectivity index (χ1n) is 6.59. The van der Waals surface area contributed by atoms with Crippen LogP contribution in [0.3, 0.4) is 0 Å². The van der Waals surface area contributed by atoms with Gasteiger partial charge in [-0.3, -0.25) is 4.79 Å². The van der Waals surface area contributed by atoms with Crippen molar-refractivity contribution in [1.82, 2.24) is 9.80 Å². The van der Waals surface area contributed by atoms with E-state index in [0.717, 1.165) is 0 Å². The van der Waals surface area contributed by atoms with E-state index in [9.17, 15) is 9.59 Å². The van der Waals surface area contributed by atoms with Crippen molar-refractivity contribution in [2.24, 2.45) is 0 Å². The van der Waals surface area contributed by atoms with Crippen LogP contribution in [0.25, 0.3) is 0 Å². The van der Waals surface area contributed by atoms with Gasteiger partial charge in [-0.2, -0.15) is 0 Å². The van der Waals surface area contributed by atoms with Crippen molar-refractivity contribution in [3.8, 4) is 0 Å². The number of hydrogen-bond donors (Lipinski definition) is 1. The lowest BCUT2D eigenvalue weighted by Crippen LogP contribution is -2.31. The number of benzene rings is 1. The van der Waals surface area contributed by atoms with Crippen LogP contribution in [0.15, 0.2) is 49.6 Å². The fraction of sp³-hybridized carbons (Fsp3) is 0.250. The van der Waals surface area contributed by atoms with E-state index in [1.807, 2.05) is 0 Å². The van der Waals surface area contributed by atoms with Crippen LogP contribution in [-0.4, -0.2) is 48.9 Å². The second-order valence-electron chi connectivity index (χ2n) is 4.69. The Morgan fingerprint density at radius 2 is 1.81 bits per heavy atom. The molecule has 1 aromatic rings. The van der Waals surface area contributed by atoms with E-state index >= 15 is 0 Å². The van der Waals surface area contributed by atoms with Crippen molar-refractivity contribution in [3.05, 3.63) is 55.1 Å². The minimum absolute atomic E-state index is 0.129. The molecule has 0 saturated carbocycles. The van der Waals surface area contributed by atoms with E-state index in [-0.39, 0.29) is 11.9 Å². The molecular weight excluding hydrogens is 266 g/mol. The highest BCUT2D eigenvalue weighted by atomic mass is 16.2. The Hall–Kier alpha value is -2.56. The molecule has 0 atom stereocenters. The highest BCUT2D eigenvalue weighted by Crippen LogP contribution is 2.13. The number of urea groups is 1. The third kappa shape index (κ3) is 4.80. The third-order valence-electron chi connectivity index (χ3n) is 2.75. The first kappa shape index (κ1) is 16.5. The van der Waals surface area contributed by atoms with Crippen LogP contribution in [0, 0.1) is 0 Å². The minimum atomic E-state index is -0.242. The molecule has 5 nitrogen and oxygen atoms in total. The van der Waals surface area contributed by atoms with Crippen LogP contribution in [-0.2, 0) is 0 Å². The average Bonchev–Trinajstić information content (AvgIpc) is 2.46. The fourth-order valence-corrected chi connectivity index (χ4v) is 1.70. The second kappa shape index (κ2) is 7.89. The van der Waals surface area contributed by atoms with Gasteiger partial charge >= 0.3 is 6.03 Å². The van der Waals surface area contributed by atoms with Crippen molar-refractivity contribution in [3.63, 3.8) is 0 Å². The Bertz CT molecular complexity index is 528. The second-order valence-corrected chi connectivity index (χ2v) is 4.69. The Morgan fingerprint density at radius 1 is 1.19 bits per heavy atom. The van der Waals surface area contributed by atoms with E-state index in [0.29, 0.717) is 24.3 Å². The van der Waals surface area contributed by atoms with Gasteiger partial charge in [0.1, 0.15) is 0 Å². The molecule has 1 N–H and O–H groups in total. The summed E-state index contributed by atoms with van der Waals surface area (Å²) in [6, 6.07) is 6.60. The molecule has 0 saturated heterocycles. The molecule has 0 radical (unpaired) electrons. The standard InChI is InChI=1S/C16H21N3O2/c1-5-10-19(11-6-2)15(20)13-8-7-9-14(12-13)17-16(21)18(3)4/h5-9,12H,1-2,10-11H2,3-4H3,(H,17,21). The monoisotopic (exact) mass is 287 g/mol. The molecule has 1 aromatic carbocycles. The molecule has 0 aliphatic heterocycles. The number of carbonyl (C=O) groups excluding carboxylic acids is 2. The van der Waals surface area contributed by atoms with Crippen molar-refractivity contribution in [2.75, 3.05) is 32.5 Å². The quantitative estimate of drug-likeness (QED) is 0.818. The summed E-state index contributed by atoms with van der Waals surface area (Å²) in [5, 5.41) is 2.72. The highest BCUT2D eigenvalue weighted by molar-refractivity contribution is 5.97. The number of carbonyl (C=O) groups is 2. The minimum Gasteiger partial charge on any atom is -0.331 e. The Balaban J connectivity index is 2.92. The normalized spacial score (nSPS) is 9.62. The van der Waals surface area contributed by atoms with Gasteiger partial charge in [0.25, 0.3) is 5.91 Å².